The first kappa shape index (κ1) is 10.1. The summed E-state index contributed by atoms with van der Waals surface area (Å²) in [6.07, 6.45) is 5.39. The first-order valence-electron chi connectivity index (χ1n) is 5.52. The molecule has 0 bridgehead atoms. The summed E-state index contributed by atoms with van der Waals surface area (Å²) < 4.78 is 5.30. The second-order valence-corrected chi connectivity index (χ2v) is 3.60. The van der Waals surface area contributed by atoms with Crippen molar-refractivity contribution in [2.24, 2.45) is 4.99 Å². The summed E-state index contributed by atoms with van der Waals surface area (Å²) in [4.78, 5) is 8.75. The molecule has 1 aromatic rings. The lowest BCUT2D eigenvalue weighted by Gasteiger charge is -2.11. The fourth-order valence-corrected chi connectivity index (χ4v) is 1.72. The Bertz CT molecular complexity index is 343. The fourth-order valence-electron chi connectivity index (χ4n) is 1.72. The number of ether oxygens (including phenoxy) is 1. The minimum Gasteiger partial charge on any atom is -0.478 e. The summed E-state index contributed by atoms with van der Waals surface area (Å²) in [5.41, 5.74) is 2.33. The Morgan fingerprint density at radius 2 is 2.27 bits per heavy atom. The molecule has 0 saturated carbocycles. The molecule has 1 aromatic heterocycles. The van der Waals surface area contributed by atoms with Crippen LogP contribution in [0.25, 0.3) is 0 Å². The molecular weight excluding hydrogens is 188 g/mol. The number of nitrogens with zero attached hydrogens (tertiary/aromatic N) is 2. The lowest BCUT2D eigenvalue weighted by Crippen LogP contribution is -2.08. The first-order chi connectivity index (χ1) is 7.40. The second kappa shape index (κ2) is 4.91. The number of pyridine rings is 1. The molecule has 2 heterocycles. The molecule has 0 atom stereocenters. The van der Waals surface area contributed by atoms with Crippen LogP contribution in [0, 0.1) is 0 Å². The van der Waals surface area contributed by atoms with Gasteiger partial charge in [0.05, 0.1) is 6.61 Å². The molecule has 0 N–H and O–H groups in total. The van der Waals surface area contributed by atoms with E-state index in [0.29, 0.717) is 12.5 Å². The molecule has 0 saturated heterocycles. The van der Waals surface area contributed by atoms with Gasteiger partial charge >= 0.3 is 0 Å². The molecule has 1 aliphatic heterocycles. The zero-order valence-electron chi connectivity index (χ0n) is 9.07. The Labute approximate surface area is 90.2 Å². The van der Waals surface area contributed by atoms with E-state index in [4.69, 9.17) is 4.74 Å². The predicted molar refractivity (Wildman–Crippen MR) is 60.7 cm³/mol. The van der Waals surface area contributed by atoms with Crippen molar-refractivity contribution < 1.29 is 4.74 Å². The maximum Gasteiger partial charge on any atom is 0.213 e. The molecule has 3 nitrogen and oxygen atoms in total. The fraction of sp³-hybridized carbons (Fsp3) is 0.500. The van der Waals surface area contributed by atoms with Gasteiger partial charge in [-0.1, -0.05) is 0 Å². The highest BCUT2D eigenvalue weighted by molar-refractivity contribution is 6.00. The molecule has 15 heavy (non-hydrogen) atoms. The summed E-state index contributed by atoms with van der Waals surface area (Å²) in [5, 5.41) is 0. The number of hydrogen-bond acceptors (Lipinski definition) is 3. The zero-order chi connectivity index (χ0) is 10.5. The van der Waals surface area contributed by atoms with E-state index in [1.54, 1.807) is 0 Å². The Hall–Kier alpha value is -1.38. The van der Waals surface area contributed by atoms with Gasteiger partial charge in [-0.2, -0.15) is 0 Å². The van der Waals surface area contributed by atoms with Crippen molar-refractivity contribution >= 4 is 5.71 Å². The molecule has 0 spiro atoms. The van der Waals surface area contributed by atoms with Crippen LogP contribution in [0.4, 0.5) is 0 Å². The standard InChI is InChI=1S/C12H16N2O/c1-2-15-12-7-6-10(9-14-12)11-5-3-4-8-13-11/h6-7,9H,2-5,8H2,1H3. The lowest BCUT2D eigenvalue weighted by molar-refractivity contribution is 0.327. The van der Waals surface area contributed by atoms with Crippen molar-refractivity contribution in [3.8, 4) is 5.88 Å². The van der Waals surface area contributed by atoms with Gasteiger partial charge in [-0.05, 0) is 32.3 Å². The SMILES string of the molecule is CCOc1ccc(C2=NCCCC2)cn1. The minimum atomic E-state index is 0.660. The van der Waals surface area contributed by atoms with Crippen molar-refractivity contribution in [3.63, 3.8) is 0 Å². The molecular formula is C12H16N2O. The maximum absolute atomic E-state index is 5.30. The molecule has 3 heteroatoms. The van der Waals surface area contributed by atoms with Crippen LogP contribution < -0.4 is 4.74 Å². The molecule has 0 amide bonds. The van der Waals surface area contributed by atoms with Gasteiger partial charge in [0.1, 0.15) is 0 Å². The van der Waals surface area contributed by atoms with E-state index >= 15 is 0 Å². The van der Waals surface area contributed by atoms with E-state index < -0.39 is 0 Å². The van der Waals surface area contributed by atoms with Gasteiger partial charge in [0.2, 0.25) is 5.88 Å². The summed E-state index contributed by atoms with van der Waals surface area (Å²) in [6, 6.07) is 3.96. The largest absolute Gasteiger partial charge is 0.478 e. The lowest BCUT2D eigenvalue weighted by atomic mass is 10.0. The summed E-state index contributed by atoms with van der Waals surface area (Å²) >= 11 is 0. The van der Waals surface area contributed by atoms with Crippen molar-refractivity contribution in [2.75, 3.05) is 13.2 Å². The van der Waals surface area contributed by atoms with Gasteiger partial charge in [0.25, 0.3) is 0 Å². The van der Waals surface area contributed by atoms with Crippen molar-refractivity contribution in [1.82, 2.24) is 4.98 Å². The highest BCUT2D eigenvalue weighted by atomic mass is 16.5. The third-order valence-corrected chi connectivity index (χ3v) is 2.49. The predicted octanol–water partition coefficient (Wildman–Crippen LogP) is 2.45. The second-order valence-electron chi connectivity index (χ2n) is 3.60. The maximum atomic E-state index is 5.30. The molecule has 0 aromatic carbocycles. The van der Waals surface area contributed by atoms with Gasteiger partial charge in [0, 0.05) is 30.1 Å². The zero-order valence-corrected chi connectivity index (χ0v) is 9.07. The number of rotatable bonds is 3. The molecule has 0 aliphatic carbocycles. The van der Waals surface area contributed by atoms with Gasteiger partial charge in [-0.25, -0.2) is 4.98 Å². The van der Waals surface area contributed by atoms with Gasteiger partial charge in [-0.15, -0.1) is 0 Å². The van der Waals surface area contributed by atoms with Crippen LogP contribution in [-0.4, -0.2) is 23.8 Å². The van der Waals surface area contributed by atoms with Gasteiger partial charge in [0.15, 0.2) is 0 Å². The number of aliphatic imine (C=N–C) groups is 1. The van der Waals surface area contributed by atoms with E-state index in [9.17, 15) is 0 Å². The Kier molecular flexibility index (Phi) is 3.33. The monoisotopic (exact) mass is 204 g/mol. The van der Waals surface area contributed by atoms with Crippen molar-refractivity contribution in [2.45, 2.75) is 26.2 Å². The molecule has 0 unspecified atom stereocenters. The number of hydrogen-bond donors (Lipinski definition) is 0. The van der Waals surface area contributed by atoms with Gasteiger partial charge < -0.3 is 4.74 Å². The molecule has 0 radical (unpaired) electrons. The molecule has 1 aliphatic rings. The highest BCUT2D eigenvalue weighted by Crippen LogP contribution is 2.14. The van der Waals surface area contributed by atoms with Crippen LogP contribution in [0.5, 0.6) is 5.88 Å². The summed E-state index contributed by atoms with van der Waals surface area (Å²) in [7, 11) is 0. The Balaban J connectivity index is 2.12. The van der Waals surface area contributed by atoms with Crippen LogP contribution in [0.15, 0.2) is 23.3 Å². The normalized spacial score (nSPS) is 15.9. The average molecular weight is 204 g/mol. The summed E-state index contributed by atoms with van der Waals surface area (Å²) in [6.45, 7) is 3.58. The van der Waals surface area contributed by atoms with E-state index in [-0.39, 0.29) is 0 Å². The van der Waals surface area contributed by atoms with E-state index in [1.807, 2.05) is 25.3 Å². The van der Waals surface area contributed by atoms with Crippen LogP contribution in [0.2, 0.25) is 0 Å². The van der Waals surface area contributed by atoms with E-state index in [0.717, 1.165) is 18.5 Å². The van der Waals surface area contributed by atoms with E-state index in [1.165, 1.54) is 18.6 Å². The Morgan fingerprint density at radius 3 is 2.87 bits per heavy atom. The number of aromatic nitrogens is 1. The van der Waals surface area contributed by atoms with Crippen LogP contribution >= 0.6 is 0 Å². The highest BCUT2D eigenvalue weighted by Gasteiger charge is 2.08. The van der Waals surface area contributed by atoms with Crippen molar-refractivity contribution in [1.29, 1.82) is 0 Å². The van der Waals surface area contributed by atoms with Crippen LogP contribution in [0.3, 0.4) is 0 Å². The van der Waals surface area contributed by atoms with Crippen molar-refractivity contribution in [3.05, 3.63) is 23.9 Å². The topological polar surface area (TPSA) is 34.5 Å². The quantitative estimate of drug-likeness (QED) is 0.758. The smallest absolute Gasteiger partial charge is 0.213 e. The third kappa shape index (κ3) is 2.55. The first-order valence-corrected chi connectivity index (χ1v) is 5.52. The average Bonchev–Trinajstić information content (AvgIpc) is 2.32. The molecule has 80 valence electrons. The van der Waals surface area contributed by atoms with E-state index in [2.05, 4.69) is 9.98 Å². The van der Waals surface area contributed by atoms with Crippen LogP contribution in [-0.2, 0) is 0 Å². The van der Waals surface area contributed by atoms with Crippen LogP contribution in [0.1, 0.15) is 31.7 Å². The molecule has 0 fully saturated rings. The Morgan fingerprint density at radius 1 is 1.33 bits per heavy atom. The third-order valence-electron chi connectivity index (χ3n) is 2.49. The minimum absolute atomic E-state index is 0.660. The molecule has 2 rings (SSSR count). The van der Waals surface area contributed by atoms with Gasteiger partial charge in [-0.3, -0.25) is 4.99 Å². The summed E-state index contributed by atoms with van der Waals surface area (Å²) in [5.74, 6) is 0.692.